The molecule has 0 aliphatic heterocycles. The average molecular weight is 232 g/mol. The van der Waals surface area contributed by atoms with Gasteiger partial charge < -0.3 is 9.47 Å². The molecule has 1 saturated carbocycles. The van der Waals surface area contributed by atoms with E-state index in [0.29, 0.717) is 25.7 Å². The first kappa shape index (κ1) is 12.5. The van der Waals surface area contributed by atoms with Crippen molar-refractivity contribution in [3.8, 4) is 0 Å². The summed E-state index contributed by atoms with van der Waals surface area (Å²) in [6.07, 6.45) is 0.888. The molecule has 8 nitrogen and oxygen atoms in total. The number of hydrazine groups is 2. The lowest BCUT2D eigenvalue weighted by atomic mass is 9.95. The van der Waals surface area contributed by atoms with Gasteiger partial charge in [-0.05, 0) is 25.7 Å². The molecule has 1 aliphatic carbocycles. The summed E-state index contributed by atoms with van der Waals surface area (Å²) in [4.78, 5) is 21.6. The predicted molar refractivity (Wildman–Crippen MR) is 53.7 cm³/mol. The minimum Gasteiger partial charge on any atom is -0.445 e. The molecule has 8 heteroatoms. The van der Waals surface area contributed by atoms with E-state index >= 15 is 0 Å². The Labute approximate surface area is 92.6 Å². The Morgan fingerprint density at radius 2 is 1.19 bits per heavy atom. The summed E-state index contributed by atoms with van der Waals surface area (Å²) in [5, 5.41) is 0. The van der Waals surface area contributed by atoms with E-state index in [9.17, 15) is 9.59 Å². The van der Waals surface area contributed by atoms with Gasteiger partial charge in [0.1, 0.15) is 12.2 Å². The van der Waals surface area contributed by atoms with E-state index in [1.807, 2.05) is 10.9 Å². The predicted octanol–water partition coefficient (Wildman–Crippen LogP) is -0.503. The maximum absolute atomic E-state index is 10.8. The van der Waals surface area contributed by atoms with Crippen LogP contribution >= 0.6 is 0 Å². The number of ether oxygens (including phenoxy) is 2. The van der Waals surface area contributed by atoms with Crippen LogP contribution in [0.5, 0.6) is 0 Å². The highest BCUT2D eigenvalue weighted by Gasteiger charge is 2.25. The number of hydrogen-bond donors (Lipinski definition) is 4. The van der Waals surface area contributed by atoms with Crippen molar-refractivity contribution in [2.24, 2.45) is 11.7 Å². The Bertz CT molecular complexity index is 226. The maximum atomic E-state index is 10.8. The highest BCUT2D eigenvalue weighted by molar-refractivity contribution is 5.66. The number of nitrogens with one attached hydrogen (secondary N) is 2. The highest BCUT2D eigenvalue weighted by Crippen LogP contribution is 2.23. The van der Waals surface area contributed by atoms with Gasteiger partial charge in [0.2, 0.25) is 0 Å². The zero-order valence-corrected chi connectivity index (χ0v) is 8.77. The largest absolute Gasteiger partial charge is 0.445 e. The summed E-state index contributed by atoms with van der Waals surface area (Å²) < 4.78 is 9.93. The van der Waals surface area contributed by atoms with Crippen LogP contribution in [0.2, 0.25) is 0 Å². The fourth-order valence-corrected chi connectivity index (χ4v) is 1.64. The molecule has 16 heavy (non-hydrogen) atoms. The van der Waals surface area contributed by atoms with E-state index in [1.165, 1.54) is 0 Å². The van der Waals surface area contributed by atoms with Crippen molar-refractivity contribution in [2.75, 3.05) is 0 Å². The normalized spacial score (nSPS) is 24.4. The van der Waals surface area contributed by atoms with E-state index in [1.54, 1.807) is 0 Å². The van der Waals surface area contributed by atoms with Crippen LogP contribution in [-0.2, 0) is 9.47 Å². The Morgan fingerprint density at radius 3 is 1.44 bits per heavy atom. The van der Waals surface area contributed by atoms with E-state index in [2.05, 4.69) is 0 Å². The Hall–Kier alpha value is -1.54. The summed E-state index contributed by atoms with van der Waals surface area (Å²) in [7, 11) is 0. The lowest BCUT2D eigenvalue weighted by Crippen LogP contribution is -2.38. The summed E-state index contributed by atoms with van der Waals surface area (Å²) in [6.45, 7) is 0. The molecule has 0 spiro atoms. The van der Waals surface area contributed by atoms with Crippen LogP contribution in [0.25, 0.3) is 0 Å². The number of nitrogens with two attached hydrogens (primary N) is 2. The molecule has 1 fully saturated rings. The molecule has 0 heterocycles. The minimum absolute atomic E-state index is 0.177. The number of hydrogen-bond acceptors (Lipinski definition) is 6. The molecule has 0 aromatic heterocycles. The minimum atomic E-state index is -0.649. The van der Waals surface area contributed by atoms with Gasteiger partial charge in [0.05, 0.1) is 0 Å². The fourth-order valence-electron chi connectivity index (χ4n) is 1.64. The van der Waals surface area contributed by atoms with E-state index in [4.69, 9.17) is 21.2 Å². The molecule has 6 N–H and O–H groups in total. The standard InChI is InChI=1S/C8H16N4O4/c9-11-7(13)15-5-1-2-6(4-3-5)16-8(14)12-10/h5-6H,1-4,9-10H2,(H,11,13)(H,12,14). The quantitative estimate of drug-likeness (QED) is 0.288. The molecule has 92 valence electrons. The van der Waals surface area contributed by atoms with Crippen molar-refractivity contribution >= 4 is 12.2 Å². The van der Waals surface area contributed by atoms with Crippen LogP contribution < -0.4 is 22.5 Å². The molecule has 0 atom stereocenters. The van der Waals surface area contributed by atoms with Crippen molar-refractivity contribution in [1.82, 2.24) is 10.9 Å². The topological polar surface area (TPSA) is 129 Å². The SMILES string of the molecule is NNC(=O)OC1CCC(OC(=O)NN)CC1. The number of carbonyl (C=O) groups is 2. The Morgan fingerprint density at radius 1 is 0.875 bits per heavy atom. The van der Waals surface area contributed by atoms with Gasteiger partial charge in [-0.1, -0.05) is 0 Å². The second-order valence-corrected chi connectivity index (χ2v) is 3.50. The third-order valence-corrected chi connectivity index (χ3v) is 2.40. The smallest absolute Gasteiger partial charge is 0.421 e. The molecular formula is C8H16N4O4. The summed E-state index contributed by atoms with van der Waals surface area (Å²) >= 11 is 0. The number of amides is 2. The summed E-state index contributed by atoms with van der Waals surface area (Å²) in [5.41, 5.74) is 3.78. The lowest BCUT2D eigenvalue weighted by Gasteiger charge is -2.27. The zero-order valence-electron chi connectivity index (χ0n) is 8.77. The van der Waals surface area contributed by atoms with Crippen molar-refractivity contribution in [3.05, 3.63) is 0 Å². The maximum Gasteiger partial charge on any atom is 0.421 e. The summed E-state index contributed by atoms with van der Waals surface area (Å²) in [5.74, 6) is 9.77. The fraction of sp³-hybridized carbons (Fsp3) is 0.750. The second-order valence-electron chi connectivity index (χ2n) is 3.50. The Balaban J connectivity index is 2.23. The van der Waals surface area contributed by atoms with Crippen LogP contribution in [0.1, 0.15) is 25.7 Å². The van der Waals surface area contributed by atoms with Crippen LogP contribution in [0.15, 0.2) is 0 Å². The molecule has 1 aliphatic rings. The third kappa shape index (κ3) is 3.91. The first-order valence-electron chi connectivity index (χ1n) is 5.00. The van der Waals surface area contributed by atoms with E-state index < -0.39 is 12.2 Å². The lowest BCUT2D eigenvalue weighted by molar-refractivity contribution is 0.0218. The van der Waals surface area contributed by atoms with Crippen molar-refractivity contribution in [1.29, 1.82) is 0 Å². The van der Waals surface area contributed by atoms with Gasteiger partial charge in [0, 0.05) is 0 Å². The molecule has 0 saturated heterocycles. The second kappa shape index (κ2) is 6.13. The van der Waals surface area contributed by atoms with E-state index in [-0.39, 0.29) is 12.2 Å². The first-order chi connectivity index (χ1) is 7.65. The van der Waals surface area contributed by atoms with Crippen LogP contribution in [0.3, 0.4) is 0 Å². The van der Waals surface area contributed by atoms with Crippen LogP contribution in [-0.4, -0.2) is 24.4 Å². The average Bonchev–Trinajstić information content (AvgIpc) is 2.31. The monoisotopic (exact) mass is 232 g/mol. The van der Waals surface area contributed by atoms with Gasteiger partial charge in [0.25, 0.3) is 0 Å². The van der Waals surface area contributed by atoms with Gasteiger partial charge >= 0.3 is 12.2 Å². The first-order valence-corrected chi connectivity index (χ1v) is 5.00. The van der Waals surface area contributed by atoms with Crippen LogP contribution in [0.4, 0.5) is 9.59 Å². The number of rotatable bonds is 2. The highest BCUT2D eigenvalue weighted by atomic mass is 16.6. The van der Waals surface area contributed by atoms with Gasteiger partial charge in [-0.15, -0.1) is 0 Å². The third-order valence-electron chi connectivity index (χ3n) is 2.40. The van der Waals surface area contributed by atoms with Gasteiger partial charge in [-0.25, -0.2) is 21.3 Å². The van der Waals surface area contributed by atoms with Gasteiger partial charge in [0.15, 0.2) is 0 Å². The van der Waals surface area contributed by atoms with Crippen LogP contribution in [0, 0.1) is 0 Å². The molecular weight excluding hydrogens is 216 g/mol. The van der Waals surface area contributed by atoms with Crippen molar-refractivity contribution < 1.29 is 19.1 Å². The molecule has 0 aromatic rings. The molecule has 0 bridgehead atoms. The van der Waals surface area contributed by atoms with Gasteiger partial charge in [-0.3, -0.25) is 10.9 Å². The molecule has 0 radical (unpaired) electrons. The van der Waals surface area contributed by atoms with E-state index in [0.717, 1.165) is 0 Å². The molecule has 2 amide bonds. The molecule has 1 rings (SSSR count). The Kier molecular flexibility index (Phi) is 4.80. The number of carbonyl (C=O) groups excluding carboxylic acids is 2. The molecule has 0 aromatic carbocycles. The zero-order chi connectivity index (χ0) is 12.0. The van der Waals surface area contributed by atoms with Gasteiger partial charge in [-0.2, -0.15) is 0 Å². The van der Waals surface area contributed by atoms with Crippen molar-refractivity contribution in [2.45, 2.75) is 37.9 Å². The van der Waals surface area contributed by atoms with Crippen molar-refractivity contribution in [3.63, 3.8) is 0 Å². The summed E-state index contributed by atoms with van der Waals surface area (Å²) in [6, 6.07) is 0. The molecule has 0 unspecified atom stereocenters.